The molecule has 0 atom stereocenters. The zero-order chi connectivity index (χ0) is 10.8. The number of rotatable bonds is 3. The van der Waals surface area contributed by atoms with Crippen LogP contribution in [0.2, 0.25) is 0 Å². The van der Waals surface area contributed by atoms with Gasteiger partial charge in [-0.1, -0.05) is 22.0 Å². The van der Waals surface area contributed by atoms with Crippen LogP contribution in [0.25, 0.3) is 0 Å². The molecule has 0 aromatic heterocycles. The van der Waals surface area contributed by atoms with E-state index in [1.54, 1.807) is 0 Å². The molecule has 1 nitrogen and oxygen atoms in total. The van der Waals surface area contributed by atoms with E-state index in [0.29, 0.717) is 4.47 Å². The van der Waals surface area contributed by atoms with Gasteiger partial charge < -0.3 is 5.73 Å². The van der Waals surface area contributed by atoms with Gasteiger partial charge >= 0.3 is 0 Å². The molecule has 1 aromatic rings. The highest BCUT2D eigenvalue weighted by molar-refractivity contribution is 9.10. The Morgan fingerprint density at radius 3 is 2.50 bits per heavy atom. The molecule has 0 spiro atoms. The molecule has 0 radical (unpaired) electrons. The average molecular weight is 268 g/mol. The molecule has 0 bridgehead atoms. The first-order chi connectivity index (χ1) is 6.46. The van der Waals surface area contributed by atoms with Crippen molar-refractivity contribution in [1.82, 2.24) is 0 Å². The average Bonchev–Trinajstić information content (AvgIpc) is 2.12. The van der Waals surface area contributed by atoms with Crippen molar-refractivity contribution >= 4 is 15.9 Å². The van der Waals surface area contributed by atoms with Gasteiger partial charge in [-0.3, -0.25) is 0 Å². The van der Waals surface area contributed by atoms with Crippen molar-refractivity contribution in [1.29, 1.82) is 0 Å². The van der Waals surface area contributed by atoms with Gasteiger partial charge in [0, 0.05) is 16.5 Å². The Hall–Kier alpha value is -0.550. The molecular formula is C9H9BrF3N. The van der Waals surface area contributed by atoms with Gasteiger partial charge in [0.1, 0.15) is 5.82 Å². The summed E-state index contributed by atoms with van der Waals surface area (Å²) in [5.41, 5.74) is 4.83. The Morgan fingerprint density at radius 1 is 1.36 bits per heavy atom. The molecule has 0 saturated carbocycles. The van der Waals surface area contributed by atoms with Crippen LogP contribution in [0.15, 0.2) is 22.7 Å². The Bertz CT molecular complexity index is 308. The first-order valence-corrected chi connectivity index (χ1v) is 4.76. The molecule has 2 N–H and O–H groups in total. The summed E-state index contributed by atoms with van der Waals surface area (Å²) in [4.78, 5) is 0. The van der Waals surface area contributed by atoms with E-state index in [2.05, 4.69) is 15.9 Å². The number of benzene rings is 1. The van der Waals surface area contributed by atoms with Gasteiger partial charge in [-0.25, -0.2) is 13.2 Å². The lowest BCUT2D eigenvalue weighted by molar-refractivity contribution is 0.0105. The van der Waals surface area contributed by atoms with Gasteiger partial charge in [0.25, 0.3) is 5.92 Å². The van der Waals surface area contributed by atoms with Gasteiger partial charge in [0.05, 0.1) is 6.54 Å². The number of alkyl halides is 2. The highest BCUT2D eigenvalue weighted by Crippen LogP contribution is 2.26. The second kappa shape index (κ2) is 4.31. The molecular weight excluding hydrogens is 259 g/mol. The van der Waals surface area contributed by atoms with Crippen molar-refractivity contribution in [3.05, 3.63) is 34.1 Å². The van der Waals surface area contributed by atoms with Crippen LogP contribution in [0.3, 0.4) is 0 Å². The van der Waals surface area contributed by atoms with Crippen LogP contribution >= 0.6 is 15.9 Å². The van der Waals surface area contributed by atoms with Gasteiger partial charge in [0.15, 0.2) is 0 Å². The van der Waals surface area contributed by atoms with Crippen LogP contribution in [0.1, 0.15) is 5.56 Å². The second-order valence-electron chi connectivity index (χ2n) is 2.94. The van der Waals surface area contributed by atoms with Gasteiger partial charge in [-0.05, 0) is 12.1 Å². The normalized spacial score (nSPS) is 11.8. The summed E-state index contributed by atoms with van der Waals surface area (Å²) in [6, 6.07) is 4.11. The SMILES string of the molecule is NCC(F)(F)Cc1c(F)cccc1Br. The molecule has 0 saturated heterocycles. The summed E-state index contributed by atoms with van der Waals surface area (Å²) in [7, 11) is 0. The molecule has 0 aliphatic carbocycles. The van der Waals surface area contributed by atoms with Crippen LogP contribution in [-0.4, -0.2) is 12.5 Å². The second-order valence-corrected chi connectivity index (χ2v) is 3.79. The Labute approximate surface area is 88.2 Å². The van der Waals surface area contributed by atoms with E-state index in [4.69, 9.17) is 5.73 Å². The molecule has 0 fully saturated rings. The molecule has 0 unspecified atom stereocenters. The Morgan fingerprint density at radius 2 is 2.00 bits per heavy atom. The minimum absolute atomic E-state index is 0.0389. The van der Waals surface area contributed by atoms with Crippen molar-refractivity contribution in [2.75, 3.05) is 6.54 Å². The van der Waals surface area contributed by atoms with Crippen molar-refractivity contribution < 1.29 is 13.2 Å². The number of halogens is 4. The third kappa shape index (κ3) is 2.72. The maximum atomic E-state index is 13.1. The molecule has 1 aromatic carbocycles. The van der Waals surface area contributed by atoms with Crippen molar-refractivity contribution in [2.45, 2.75) is 12.3 Å². The Balaban J connectivity index is 2.97. The summed E-state index contributed by atoms with van der Waals surface area (Å²) >= 11 is 3.01. The first-order valence-electron chi connectivity index (χ1n) is 3.97. The van der Waals surface area contributed by atoms with Crippen LogP contribution in [0, 0.1) is 5.82 Å². The largest absolute Gasteiger partial charge is 0.325 e. The van der Waals surface area contributed by atoms with E-state index in [1.807, 2.05) is 0 Å². The lowest BCUT2D eigenvalue weighted by atomic mass is 10.1. The molecule has 1 rings (SSSR count). The van der Waals surface area contributed by atoms with Crippen molar-refractivity contribution in [3.8, 4) is 0 Å². The van der Waals surface area contributed by atoms with E-state index >= 15 is 0 Å². The maximum Gasteiger partial charge on any atom is 0.264 e. The molecule has 14 heavy (non-hydrogen) atoms. The summed E-state index contributed by atoms with van der Waals surface area (Å²) in [5, 5.41) is 0. The fraction of sp³-hybridized carbons (Fsp3) is 0.333. The lowest BCUT2D eigenvalue weighted by Crippen LogP contribution is -2.30. The fourth-order valence-electron chi connectivity index (χ4n) is 1.03. The molecule has 78 valence electrons. The highest BCUT2D eigenvalue weighted by Gasteiger charge is 2.29. The summed E-state index contributed by atoms with van der Waals surface area (Å²) in [5.74, 6) is -3.71. The topological polar surface area (TPSA) is 26.0 Å². The molecule has 0 heterocycles. The molecule has 0 aliphatic heterocycles. The summed E-state index contributed by atoms with van der Waals surface area (Å²) in [6.45, 7) is -0.784. The van der Waals surface area contributed by atoms with E-state index in [9.17, 15) is 13.2 Å². The lowest BCUT2D eigenvalue weighted by Gasteiger charge is -2.15. The fourth-order valence-corrected chi connectivity index (χ4v) is 1.51. The highest BCUT2D eigenvalue weighted by atomic mass is 79.9. The molecule has 5 heteroatoms. The third-order valence-corrected chi connectivity index (χ3v) is 2.54. The van der Waals surface area contributed by atoms with E-state index in [-0.39, 0.29) is 5.56 Å². The Kier molecular flexibility index (Phi) is 3.55. The number of nitrogens with two attached hydrogens (primary N) is 1. The van der Waals surface area contributed by atoms with Crippen molar-refractivity contribution in [3.63, 3.8) is 0 Å². The molecule has 0 amide bonds. The maximum absolute atomic E-state index is 13.1. The predicted molar refractivity (Wildman–Crippen MR) is 51.8 cm³/mol. The van der Waals surface area contributed by atoms with Crippen LogP contribution in [0.5, 0.6) is 0 Å². The first kappa shape index (κ1) is 11.5. The van der Waals surface area contributed by atoms with Crippen LogP contribution in [0.4, 0.5) is 13.2 Å². The standard InChI is InChI=1S/C9H9BrF3N/c10-7-2-1-3-8(11)6(7)4-9(12,13)5-14/h1-3H,4-5,14H2. The molecule has 0 aliphatic rings. The smallest absolute Gasteiger partial charge is 0.264 e. The third-order valence-electron chi connectivity index (χ3n) is 1.80. The summed E-state index contributed by atoms with van der Waals surface area (Å²) in [6.07, 6.45) is -0.684. The van der Waals surface area contributed by atoms with E-state index < -0.39 is 24.7 Å². The monoisotopic (exact) mass is 267 g/mol. The zero-order valence-electron chi connectivity index (χ0n) is 7.24. The van der Waals surface area contributed by atoms with Gasteiger partial charge in [0.2, 0.25) is 0 Å². The minimum Gasteiger partial charge on any atom is -0.325 e. The van der Waals surface area contributed by atoms with Crippen LogP contribution in [-0.2, 0) is 6.42 Å². The van der Waals surface area contributed by atoms with E-state index in [1.165, 1.54) is 12.1 Å². The van der Waals surface area contributed by atoms with Gasteiger partial charge in [-0.2, -0.15) is 0 Å². The van der Waals surface area contributed by atoms with E-state index in [0.717, 1.165) is 6.07 Å². The number of hydrogen-bond donors (Lipinski definition) is 1. The van der Waals surface area contributed by atoms with Gasteiger partial charge in [-0.15, -0.1) is 0 Å². The summed E-state index contributed by atoms with van der Waals surface area (Å²) < 4.78 is 39.2. The number of hydrogen-bond acceptors (Lipinski definition) is 1. The van der Waals surface area contributed by atoms with Crippen LogP contribution < -0.4 is 5.73 Å². The zero-order valence-corrected chi connectivity index (χ0v) is 8.82. The quantitative estimate of drug-likeness (QED) is 0.896. The minimum atomic E-state index is -3.06. The predicted octanol–water partition coefficient (Wildman–Crippen LogP) is 2.72. The van der Waals surface area contributed by atoms with Crippen molar-refractivity contribution in [2.24, 2.45) is 5.73 Å².